The number of ether oxygens (including phenoxy) is 1. The summed E-state index contributed by atoms with van der Waals surface area (Å²) in [6.45, 7) is 5.60. The number of furan rings is 1. The lowest BCUT2D eigenvalue weighted by atomic mass is 10.1. The first kappa shape index (κ1) is 18.9. The maximum absolute atomic E-state index is 12.9. The van der Waals surface area contributed by atoms with E-state index in [0.29, 0.717) is 40.0 Å². The number of tetrazole rings is 1. The smallest absolute Gasteiger partial charge is 0.339 e. The molecule has 0 aromatic carbocycles. The van der Waals surface area contributed by atoms with Gasteiger partial charge in [-0.1, -0.05) is 11.8 Å². The molecule has 3 heterocycles. The summed E-state index contributed by atoms with van der Waals surface area (Å²) in [5.41, 5.74) is 1.95. The molecule has 0 spiro atoms. The van der Waals surface area contributed by atoms with Gasteiger partial charge in [-0.25, -0.2) is 9.48 Å². The number of aromatic nitrogens is 5. The zero-order valence-corrected chi connectivity index (χ0v) is 16.2. The lowest BCUT2D eigenvalue weighted by molar-refractivity contribution is 0.0599. The Bertz CT molecular complexity index is 960. The highest BCUT2D eigenvalue weighted by Crippen LogP contribution is 2.27. The number of aromatic amines is 1. The Morgan fingerprint density at radius 1 is 1.41 bits per heavy atom. The summed E-state index contributed by atoms with van der Waals surface area (Å²) in [5.74, 6) is 0.0907. The van der Waals surface area contributed by atoms with Gasteiger partial charge in [0.25, 0.3) is 0 Å². The number of nitrogens with one attached hydrogen (secondary N) is 1. The van der Waals surface area contributed by atoms with Crippen LogP contribution in [0.3, 0.4) is 0 Å². The number of methoxy groups -OCH3 is 1. The molecule has 27 heavy (non-hydrogen) atoms. The van der Waals surface area contributed by atoms with E-state index in [1.165, 1.54) is 18.9 Å². The lowest BCUT2D eigenvalue weighted by Gasteiger charge is -2.09. The number of ketones is 1. The number of rotatable bonds is 7. The van der Waals surface area contributed by atoms with Crippen molar-refractivity contribution in [2.75, 3.05) is 7.11 Å². The van der Waals surface area contributed by atoms with E-state index < -0.39 is 11.2 Å². The van der Waals surface area contributed by atoms with Crippen LogP contribution >= 0.6 is 11.8 Å². The predicted octanol–water partition coefficient (Wildman–Crippen LogP) is 2.41. The number of thioether (sulfide) groups is 1. The fraction of sp³-hybridized carbons (Fsp3) is 0.353. The number of hydrogen-bond acceptors (Lipinski definition) is 8. The third-order valence-corrected chi connectivity index (χ3v) is 5.18. The molecule has 1 N–H and O–H groups in total. The van der Waals surface area contributed by atoms with Crippen molar-refractivity contribution < 1.29 is 18.7 Å². The van der Waals surface area contributed by atoms with Gasteiger partial charge >= 0.3 is 5.97 Å². The number of esters is 1. The minimum atomic E-state index is -0.469. The molecule has 0 amide bonds. The first-order valence-electron chi connectivity index (χ1n) is 8.19. The van der Waals surface area contributed by atoms with E-state index in [2.05, 4.69) is 20.5 Å². The van der Waals surface area contributed by atoms with Gasteiger partial charge in [0.2, 0.25) is 5.16 Å². The van der Waals surface area contributed by atoms with Crippen molar-refractivity contribution in [1.29, 1.82) is 0 Å². The Hall–Kier alpha value is -2.88. The van der Waals surface area contributed by atoms with Gasteiger partial charge in [-0.2, -0.15) is 0 Å². The second-order valence-electron chi connectivity index (χ2n) is 5.94. The van der Waals surface area contributed by atoms with E-state index in [0.717, 1.165) is 0 Å². The second-order valence-corrected chi connectivity index (χ2v) is 7.25. The summed E-state index contributed by atoms with van der Waals surface area (Å²) >= 11 is 1.24. The maximum atomic E-state index is 12.9. The molecule has 10 heteroatoms. The summed E-state index contributed by atoms with van der Waals surface area (Å²) in [6, 6.07) is 3.61. The van der Waals surface area contributed by atoms with Gasteiger partial charge in [-0.3, -0.25) is 4.79 Å². The molecule has 9 nitrogen and oxygen atoms in total. The van der Waals surface area contributed by atoms with Crippen LogP contribution in [-0.4, -0.2) is 49.3 Å². The monoisotopic (exact) mass is 389 g/mol. The molecule has 0 aliphatic carbocycles. The molecule has 3 aromatic rings. The number of nitrogens with zero attached hydrogens (tertiary/aromatic N) is 4. The van der Waals surface area contributed by atoms with Crippen LogP contribution in [0.1, 0.15) is 44.8 Å². The lowest BCUT2D eigenvalue weighted by Crippen LogP contribution is -2.17. The van der Waals surface area contributed by atoms with E-state index in [1.807, 2.05) is 6.07 Å². The van der Waals surface area contributed by atoms with Crippen molar-refractivity contribution in [3.63, 3.8) is 0 Å². The van der Waals surface area contributed by atoms with Crippen LogP contribution in [0.5, 0.6) is 0 Å². The Kier molecular flexibility index (Phi) is 5.45. The topological polar surface area (TPSA) is 116 Å². The molecule has 0 fully saturated rings. The van der Waals surface area contributed by atoms with Crippen LogP contribution in [0.15, 0.2) is 28.0 Å². The SMILES string of the molecule is COC(=O)c1c(C)[nH]c(C(=O)C(C)Sc2nnnn2Cc2ccco2)c1C. The average molecular weight is 389 g/mol. The molecule has 142 valence electrons. The van der Waals surface area contributed by atoms with Crippen molar-refractivity contribution in [2.45, 2.75) is 37.7 Å². The minimum absolute atomic E-state index is 0.150. The van der Waals surface area contributed by atoms with Crippen LogP contribution in [0.4, 0.5) is 0 Å². The molecule has 3 aromatic heterocycles. The first-order chi connectivity index (χ1) is 12.9. The van der Waals surface area contributed by atoms with Crippen LogP contribution < -0.4 is 0 Å². The van der Waals surface area contributed by atoms with Crippen LogP contribution in [-0.2, 0) is 11.3 Å². The summed E-state index contributed by atoms with van der Waals surface area (Å²) < 4.78 is 11.7. The molecule has 1 atom stereocenters. The fourth-order valence-electron chi connectivity index (χ4n) is 2.75. The van der Waals surface area contributed by atoms with Crippen molar-refractivity contribution in [3.8, 4) is 0 Å². The van der Waals surface area contributed by atoms with Gasteiger partial charge < -0.3 is 14.1 Å². The van der Waals surface area contributed by atoms with E-state index in [4.69, 9.17) is 9.15 Å². The minimum Gasteiger partial charge on any atom is -0.467 e. The van der Waals surface area contributed by atoms with Crippen molar-refractivity contribution in [1.82, 2.24) is 25.2 Å². The summed E-state index contributed by atoms with van der Waals surface area (Å²) in [4.78, 5) is 27.8. The molecular weight excluding hydrogens is 370 g/mol. The van der Waals surface area contributed by atoms with Gasteiger partial charge in [0, 0.05) is 5.69 Å². The molecule has 0 radical (unpaired) electrons. The normalized spacial score (nSPS) is 12.1. The molecule has 0 bridgehead atoms. The maximum Gasteiger partial charge on any atom is 0.339 e. The molecule has 1 unspecified atom stereocenters. The van der Waals surface area contributed by atoms with E-state index in [9.17, 15) is 9.59 Å². The van der Waals surface area contributed by atoms with Crippen molar-refractivity contribution in [3.05, 3.63) is 46.7 Å². The van der Waals surface area contributed by atoms with Gasteiger partial charge in [-0.15, -0.1) is 5.10 Å². The van der Waals surface area contributed by atoms with Crippen molar-refractivity contribution in [2.24, 2.45) is 0 Å². The zero-order valence-electron chi connectivity index (χ0n) is 15.3. The Balaban J connectivity index is 1.78. The van der Waals surface area contributed by atoms with Gasteiger partial charge in [0.1, 0.15) is 12.3 Å². The quantitative estimate of drug-likeness (QED) is 0.372. The number of aryl methyl sites for hydroxylation is 1. The number of carbonyl (C=O) groups excluding carboxylic acids is 2. The molecular formula is C17H19N5O4S. The van der Waals surface area contributed by atoms with Gasteiger partial charge in [0.05, 0.1) is 29.9 Å². The van der Waals surface area contributed by atoms with Crippen LogP contribution in [0.2, 0.25) is 0 Å². The fourth-order valence-corrected chi connectivity index (χ4v) is 3.60. The molecule has 0 aliphatic rings. The Labute approximate surface area is 159 Å². The average Bonchev–Trinajstić information content (AvgIpc) is 3.37. The summed E-state index contributed by atoms with van der Waals surface area (Å²) in [7, 11) is 1.31. The third-order valence-electron chi connectivity index (χ3n) is 4.11. The zero-order chi connectivity index (χ0) is 19.6. The number of hydrogen-bond donors (Lipinski definition) is 1. The first-order valence-corrected chi connectivity index (χ1v) is 9.07. The highest BCUT2D eigenvalue weighted by Gasteiger charge is 2.27. The second kappa shape index (κ2) is 7.78. The Morgan fingerprint density at radius 2 is 2.19 bits per heavy atom. The van der Waals surface area contributed by atoms with Crippen LogP contribution in [0, 0.1) is 13.8 Å². The van der Waals surface area contributed by atoms with Crippen LogP contribution in [0.25, 0.3) is 0 Å². The molecule has 3 rings (SSSR count). The van der Waals surface area contributed by atoms with Crippen molar-refractivity contribution >= 4 is 23.5 Å². The largest absolute Gasteiger partial charge is 0.467 e. The number of carbonyl (C=O) groups is 2. The molecule has 0 saturated carbocycles. The highest BCUT2D eigenvalue weighted by atomic mass is 32.2. The van der Waals surface area contributed by atoms with E-state index in [-0.39, 0.29) is 5.78 Å². The Morgan fingerprint density at radius 3 is 2.85 bits per heavy atom. The molecule has 0 aliphatic heterocycles. The number of H-pyrrole nitrogens is 1. The van der Waals surface area contributed by atoms with E-state index in [1.54, 1.807) is 37.8 Å². The third kappa shape index (κ3) is 3.80. The highest BCUT2D eigenvalue weighted by molar-refractivity contribution is 8.00. The number of Topliss-reactive ketones (excluding diaryl/α,β-unsaturated/α-hetero) is 1. The summed E-state index contributed by atoms with van der Waals surface area (Å²) in [5, 5.41) is 11.6. The molecule has 0 saturated heterocycles. The van der Waals surface area contributed by atoms with E-state index >= 15 is 0 Å². The summed E-state index contributed by atoms with van der Waals surface area (Å²) in [6.07, 6.45) is 1.58. The van der Waals surface area contributed by atoms with Gasteiger partial charge in [0.15, 0.2) is 5.78 Å². The van der Waals surface area contributed by atoms with Gasteiger partial charge in [-0.05, 0) is 48.9 Å². The standard InChI is InChI=1S/C17H19N5O4S/c1-9-13(16(24)25-4)10(2)18-14(9)15(23)11(3)27-17-19-20-21-22(17)8-12-6-5-7-26-12/h5-7,11,18H,8H2,1-4H3. The predicted molar refractivity (Wildman–Crippen MR) is 96.9 cm³/mol.